The number of quaternary nitrogens is 1. The van der Waals surface area contributed by atoms with Gasteiger partial charge in [-0.1, -0.05) is 114 Å². The monoisotopic (exact) mass is 712 g/mol. The summed E-state index contributed by atoms with van der Waals surface area (Å²) in [5, 5.41) is 13.6. The molecule has 0 rings (SSSR count). The SMILES string of the molecule is CCCCC/C=C\C=C\C(=O)CCCCCCCC(=O)N[C@@H](COP(=O)(O)OCC[N+](C)(C)C)[C@H](O)/C=C/CC/C=C\CCCCCCC. The van der Waals surface area contributed by atoms with E-state index in [1.165, 1.54) is 51.4 Å². The number of likely N-dealkylation sites (N-methyl/N-ethyl adjacent to an activating group) is 1. The number of aliphatic hydroxyl groups is 1. The van der Waals surface area contributed by atoms with Crippen LogP contribution in [-0.4, -0.2) is 79.2 Å². The Morgan fingerprint density at radius 3 is 2.02 bits per heavy atom. The normalized spacial score (nSPS) is 15.1. The highest BCUT2D eigenvalue weighted by Crippen LogP contribution is 2.43. The van der Waals surface area contributed by atoms with E-state index < -0.39 is 20.0 Å². The van der Waals surface area contributed by atoms with Crippen molar-refractivity contribution in [1.82, 2.24) is 5.32 Å². The number of phosphoric ester groups is 1. The third kappa shape index (κ3) is 33.1. The van der Waals surface area contributed by atoms with Gasteiger partial charge in [0.05, 0.1) is 39.9 Å². The maximum atomic E-state index is 12.8. The Balaban J connectivity index is 4.68. The van der Waals surface area contributed by atoms with Crippen molar-refractivity contribution >= 4 is 19.5 Å². The van der Waals surface area contributed by atoms with Crippen molar-refractivity contribution in [3.8, 4) is 0 Å². The topological polar surface area (TPSA) is 122 Å². The first kappa shape index (κ1) is 47.1. The number of nitrogens with one attached hydrogen (secondary N) is 1. The van der Waals surface area contributed by atoms with Gasteiger partial charge in [-0.15, -0.1) is 0 Å². The molecule has 0 aliphatic heterocycles. The molecule has 0 radical (unpaired) electrons. The summed E-state index contributed by atoms with van der Waals surface area (Å²) in [5.41, 5.74) is 0. The maximum Gasteiger partial charge on any atom is 0.472 e. The van der Waals surface area contributed by atoms with E-state index in [0.717, 1.165) is 51.4 Å². The summed E-state index contributed by atoms with van der Waals surface area (Å²) >= 11 is 0. The van der Waals surface area contributed by atoms with Crippen molar-refractivity contribution in [1.29, 1.82) is 0 Å². The third-order valence-corrected chi connectivity index (χ3v) is 8.98. The van der Waals surface area contributed by atoms with Crippen molar-refractivity contribution in [2.45, 2.75) is 148 Å². The molecule has 0 aromatic heterocycles. The molecule has 9 nitrogen and oxygen atoms in total. The number of carbonyl (C=O) groups excluding carboxylic acids is 2. The molecule has 0 saturated heterocycles. The van der Waals surface area contributed by atoms with Crippen LogP contribution in [-0.2, 0) is 23.2 Å². The van der Waals surface area contributed by atoms with Crippen molar-refractivity contribution in [2.24, 2.45) is 0 Å². The standard InChI is InChI=1S/C39H71N2O7P/c1-6-8-10-12-14-15-16-17-19-23-27-31-38(43)37(35-48-49(45,46)47-34-33-41(3,4)5)40-39(44)32-28-24-20-22-26-30-36(42)29-25-21-18-13-11-9-7-2/h16-18,21,25,27,29,31,37-38,43H,6-15,19-20,22-24,26,28,30,32-35H2,1-5H3,(H-,40,44,45,46)/p+1/b17-16-,21-18-,29-25+,31-27+/t37-,38+/m0/s1. The minimum Gasteiger partial charge on any atom is -0.387 e. The molecule has 0 aromatic carbocycles. The van der Waals surface area contributed by atoms with Crippen LogP contribution in [0.3, 0.4) is 0 Å². The van der Waals surface area contributed by atoms with Gasteiger partial charge in [-0.3, -0.25) is 18.6 Å². The first-order valence-corrected chi connectivity index (χ1v) is 20.5. The first-order valence-electron chi connectivity index (χ1n) is 19.0. The van der Waals surface area contributed by atoms with Crippen LogP contribution in [0, 0.1) is 0 Å². The lowest BCUT2D eigenvalue weighted by Crippen LogP contribution is -2.45. The number of nitrogens with zero attached hydrogens (tertiary/aromatic N) is 1. The zero-order valence-electron chi connectivity index (χ0n) is 31.7. The molecule has 3 atom stereocenters. The van der Waals surface area contributed by atoms with Crippen LogP contribution in [0.5, 0.6) is 0 Å². The number of hydrogen-bond acceptors (Lipinski definition) is 6. The second-order valence-corrected chi connectivity index (χ2v) is 15.4. The maximum absolute atomic E-state index is 12.8. The van der Waals surface area contributed by atoms with E-state index >= 15 is 0 Å². The molecule has 0 bridgehead atoms. The molecule has 49 heavy (non-hydrogen) atoms. The highest BCUT2D eigenvalue weighted by atomic mass is 31.2. The second kappa shape index (κ2) is 30.9. The van der Waals surface area contributed by atoms with Crippen LogP contribution in [0.25, 0.3) is 0 Å². The molecule has 1 amide bonds. The van der Waals surface area contributed by atoms with Gasteiger partial charge in [-0.05, 0) is 57.4 Å². The zero-order chi connectivity index (χ0) is 36.6. The second-order valence-electron chi connectivity index (χ2n) is 14.0. The van der Waals surface area contributed by atoms with Gasteiger partial charge < -0.3 is 19.8 Å². The van der Waals surface area contributed by atoms with Gasteiger partial charge in [0.25, 0.3) is 0 Å². The Bertz CT molecular complexity index is 1000. The molecule has 0 aliphatic rings. The molecule has 10 heteroatoms. The Morgan fingerprint density at radius 1 is 0.735 bits per heavy atom. The van der Waals surface area contributed by atoms with Crippen molar-refractivity contribution in [3.63, 3.8) is 0 Å². The van der Waals surface area contributed by atoms with E-state index in [0.29, 0.717) is 23.9 Å². The molecule has 284 valence electrons. The lowest BCUT2D eigenvalue weighted by Gasteiger charge is -2.25. The molecular formula is C39H72N2O7P+. The van der Waals surface area contributed by atoms with Gasteiger partial charge in [0.15, 0.2) is 5.78 Å². The van der Waals surface area contributed by atoms with Gasteiger partial charge in [0.1, 0.15) is 13.2 Å². The Morgan fingerprint density at radius 2 is 1.31 bits per heavy atom. The summed E-state index contributed by atoms with van der Waals surface area (Å²) in [7, 11) is 1.47. The number of hydrogen-bond donors (Lipinski definition) is 3. The largest absolute Gasteiger partial charge is 0.472 e. The number of unbranched alkanes of at least 4 members (excludes halogenated alkanes) is 13. The molecule has 0 saturated carbocycles. The number of allylic oxidation sites excluding steroid dienone is 7. The summed E-state index contributed by atoms with van der Waals surface area (Å²) in [6, 6.07) is -0.907. The van der Waals surface area contributed by atoms with E-state index in [2.05, 4.69) is 37.4 Å². The molecule has 0 fully saturated rings. The summed E-state index contributed by atoms with van der Waals surface area (Å²) in [4.78, 5) is 35.0. The minimum atomic E-state index is -4.37. The fraction of sp³-hybridized carbons (Fsp3) is 0.744. The number of amides is 1. The van der Waals surface area contributed by atoms with Crippen molar-refractivity contribution in [3.05, 3.63) is 48.6 Å². The van der Waals surface area contributed by atoms with Crippen LogP contribution in [0.2, 0.25) is 0 Å². The van der Waals surface area contributed by atoms with E-state index in [1.807, 2.05) is 39.4 Å². The fourth-order valence-corrected chi connectivity index (χ4v) is 5.59. The minimum absolute atomic E-state index is 0.0322. The molecular weight excluding hydrogens is 639 g/mol. The summed E-state index contributed by atoms with van der Waals surface area (Å²) in [6.45, 7) is 4.57. The predicted octanol–water partition coefficient (Wildman–Crippen LogP) is 8.92. The lowest BCUT2D eigenvalue weighted by atomic mass is 10.1. The van der Waals surface area contributed by atoms with Gasteiger partial charge >= 0.3 is 7.82 Å². The summed E-state index contributed by atoms with van der Waals surface area (Å²) < 4.78 is 23.3. The fourth-order valence-electron chi connectivity index (χ4n) is 4.86. The molecule has 0 aromatic rings. The van der Waals surface area contributed by atoms with E-state index in [4.69, 9.17) is 9.05 Å². The molecule has 0 spiro atoms. The number of ketones is 1. The summed E-state index contributed by atoms with van der Waals surface area (Å²) in [5.74, 6) is -0.126. The molecule has 0 aliphatic carbocycles. The molecule has 0 heterocycles. The molecule has 1 unspecified atom stereocenters. The number of phosphoric acid groups is 1. The smallest absolute Gasteiger partial charge is 0.387 e. The number of aliphatic hydroxyl groups excluding tert-OH is 1. The van der Waals surface area contributed by atoms with Gasteiger partial charge in [0, 0.05) is 12.8 Å². The number of carbonyl (C=O) groups is 2. The van der Waals surface area contributed by atoms with E-state index in [1.54, 1.807) is 12.2 Å². The van der Waals surface area contributed by atoms with Gasteiger partial charge in [0.2, 0.25) is 5.91 Å². The zero-order valence-corrected chi connectivity index (χ0v) is 32.6. The van der Waals surface area contributed by atoms with Crippen LogP contribution in [0.4, 0.5) is 0 Å². The molecule has 3 N–H and O–H groups in total. The van der Waals surface area contributed by atoms with E-state index in [9.17, 15) is 24.2 Å². The lowest BCUT2D eigenvalue weighted by molar-refractivity contribution is -0.870. The Labute approximate surface area is 299 Å². The highest BCUT2D eigenvalue weighted by Gasteiger charge is 2.27. The van der Waals surface area contributed by atoms with Crippen molar-refractivity contribution in [2.75, 3.05) is 40.9 Å². The van der Waals surface area contributed by atoms with Crippen LogP contribution in [0.15, 0.2) is 48.6 Å². The quantitative estimate of drug-likeness (QED) is 0.0155. The summed E-state index contributed by atoms with van der Waals surface area (Å²) in [6.07, 6.45) is 32.8. The predicted molar refractivity (Wildman–Crippen MR) is 203 cm³/mol. The average molecular weight is 712 g/mol. The Hall–Kier alpha value is -1.87. The first-order chi connectivity index (χ1) is 23.4. The average Bonchev–Trinajstić information content (AvgIpc) is 3.03. The Kier molecular flexibility index (Phi) is 29.7. The van der Waals surface area contributed by atoms with Crippen LogP contribution < -0.4 is 5.32 Å². The number of rotatable bonds is 33. The highest BCUT2D eigenvalue weighted by molar-refractivity contribution is 7.47. The van der Waals surface area contributed by atoms with Crippen LogP contribution >= 0.6 is 7.82 Å². The van der Waals surface area contributed by atoms with Gasteiger partial charge in [-0.25, -0.2) is 4.57 Å². The third-order valence-electron chi connectivity index (χ3n) is 8.00. The van der Waals surface area contributed by atoms with Crippen LogP contribution in [0.1, 0.15) is 136 Å². The van der Waals surface area contributed by atoms with Crippen molar-refractivity contribution < 1.29 is 37.7 Å². The van der Waals surface area contributed by atoms with E-state index in [-0.39, 0.29) is 31.3 Å². The van der Waals surface area contributed by atoms with Gasteiger partial charge in [-0.2, -0.15) is 0 Å².